The van der Waals surface area contributed by atoms with Crippen LogP contribution < -0.4 is 26.0 Å². The van der Waals surface area contributed by atoms with Crippen molar-refractivity contribution in [1.29, 1.82) is 0 Å². The third-order valence-electron chi connectivity index (χ3n) is 7.50. The van der Waals surface area contributed by atoms with E-state index >= 15 is 4.39 Å². The molecule has 3 heterocycles. The summed E-state index contributed by atoms with van der Waals surface area (Å²) in [6.45, 7) is -0.201. The Morgan fingerprint density at radius 2 is 1.79 bits per heavy atom. The molecule has 2 aromatic carbocycles. The summed E-state index contributed by atoms with van der Waals surface area (Å²) >= 11 is 13.7. The normalized spacial score (nSPS) is 15.1. The smallest absolute Gasteiger partial charge is 0.387 e. The van der Waals surface area contributed by atoms with Gasteiger partial charge in [-0.3, -0.25) is 9.78 Å². The average Bonchev–Trinajstić information content (AvgIpc) is 3.45. The number of amides is 1. The molecular weight excluding hydrogens is 656 g/mol. The van der Waals surface area contributed by atoms with E-state index in [9.17, 15) is 18.7 Å². The van der Waals surface area contributed by atoms with E-state index in [1.54, 1.807) is 49.4 Å². The molecule has 0 aliphatic carbocycles. The number of hydrogen-bond donors (Lipinski definition) is 5. The van der Waals surface area contributed by atoms with Crippen molar-refractivity contribution in [3.05, 3.63) is 87.9 Å². The minimum atomic E-state index is -3.05. The van der Waals surface area contributed by atoms with E-state index in [1.165, 1.54) is 18.5 Å². The standard InChI is InChI=1S/C33H33Cl2F3N6O3/c1-18(45)14-39-16-21-9-11-42-32(30(21)36)44-25-4-2-3-23(28(25)34)24-10-12-41-31(29(24)35)19-5-6-20(26(13-19)47-33(37)38)15-40-17-22-7-8-27(46)43-22/h2-6,9-13,18,22,33,39-40,45H,7-8,14-17H2,1H3,(H,42,44)(H,43,46)/t18-,22+/m1/s1. The minimum absolute atomic E-state index is 0.00629. The molecule has 2 aromatic heterocycles. The Morgan fingerprint density at radius 1 is 1.02 bits per heavy atom. The predicted octanol–water partition coefficient (Wildman–Crippen LogP) is 6.44. The molecule has 0 unspecified atom stereocenters. The first kappa shape index (κ1) is 34.4. The molecule has 0 bridgehead atoms. The van der Waals surface area contributed by atoms with Gasteiger partial charge in [0.1, 0.15) is 5.75 Å². The molecule has 0 saturated carbocycles. The van der Waals surface area contributed by atoms with Gasteiger partial charge in [0, 0.05) is 78.9 Å². The van der Waals surface area contributed by atoms with Gasteiger partial charge in [-0.15, -0.1) is 0 Å². The zero-order valence-corrected chi connectivity index (χ0v) is 26.8. The topological polar surface area (TPSA) is 120 Å². The molecule has 0 spiro atoms. The van der Waals surface area contributed by atoms with Crippen LogP contribution in [0.4, 0.5) is 24.7 Å². The number of ether oxygens (including phenoxy) is 1. The Kier molecular flexibility index (Phi) is 11.5. The van der Waals surface area contributed by atoms with Crippen LogP contribution >= 0.6 is 23.2 Å². The Balaban J connectivity index is 1.38. The maximum atomic E-state index is 15.3. The Bertz CT molecular complexity index is 1730. The SMILES string of the molecule is C[C@@H](O)CNCc1ccnc(Nc2cccc(-c3ccnc(-c4ccc(CNC[C@@H]5CCC(=O)N5)c(OC(F)F)c4)c3Cl)c2Cl)c1F. The molecule has 14 heteroatoms. The largest absolute Gasteiger partial charge is 0.434 e. The molecular formula is C33H33Cl2F3N6O3. The molecule has 5 rings (SSSR count). The van der Waals surface area contributed by atoms with Gasteiger partial charge in [-0.2, -0.15) is 8.78 Å². The van der Waals surface area contributed by atoms with Crippen LogP contribution in [0.1, 0.15) is 30.9 Å². The lowest BCUT2D eigenvalue weighted by molar-refractivity contribution is -0.119. The van der Waals surface area contributed by atoms with Gasteiger partial charge in [0.05, 0.1) is 27.5 Å². The highest BCUT2D eigenvalue weighted by Crippen LogP contribution is 2.42. The molecule has 1 amide bonds. The highest BCUT2D eigenvalue weighted by Gasteiger charge is 2.21. The van der Waals surface area contributed by atoms with Gasteiger partial charge >= 0.3 is 6.61 Å². The van der Waals surface area contributed by atoms with Gasteiger partial charge in [-0.05, 0) is 37.6 Å². The summed E-state index contributed by atoms with van der Waals surface area (Å²) in [5, 5.41) is 21.9. The second kappa shape index (κ2) is 15.8. The second-order valence-corrected chi connectivity index (χ2v) is 11.8. The molecule has 1 saturated heterocycles. The maximum Gasteiger partial charge on any atom is 0.387 e. The quantitative estimate of drug-likeness (QED) is 0.103. The van der Waals surface area contributed by atoms with E-state index in [1.807, 2.05) is 0 Å². The van der Waals surface area contributed by atoms with Crippen molar-refractivity contribution in [3.63, 3.8) is 0 Å². The third-order valence-corrected chi connectivity index (χ3v) is 8.29. The molecule has 5 N–H and O–H groups in total. The molecule has 2 atom stereocenters. The Morgan fingerprint density at radius 3 is 2.53 bits per heavy atom. The number of aliphatic hydroxyl groups is 1. The van der Waals surface area contributed by atoms with Crippen LogP contribution in [-0.4, -0.2) is 52.8 Å². The second-order valence-electron chi connectivity index (χ2n) is 11.1. The first-order valence-electron chi connectivity index (χ1n) is 14.9. The van der Waals surface area contributed by atoms with Gasteiger partial charge in [0.2, 0.25) is 5.91 Å². The van der Waals surface area contributed by atoms with Crippen LogP contribution in [0.3, 0.4) is 0 Å². The number of pyridine rings is 2. The molecule has 1 aliphatic heterocycles. The van der Waals surface area contributed by atoms with Crippen molar-refractivity contribution in [2.24, 2.45) is 0 Å². The van der Waals surface area contributed by atoms with Gasteiger partial charge in [-0.25, -0.2) is 9.37 Å². The summed E-state index contributed by atoms with van der Waals surface area (Å²) in [6.07, 6.45) is 3.59. The fraction of sp³-hybridized carbons (Fsp3) is 0.303. The summed E-state index contributed by atoms with van der Waals surface area (Å²) < 4.78 is 46.9. The van der Waals surface area contributed by atoms with Crippen molar-refractivity contribution in [2.45, 2.75) is 51.6 Å². The lowest BCUT2D eigenvalue weighted by Crippen LogP contribution is -2.35. The summed E-state index contributed by atoms with van der Waals surface area (Å²) in [7, 11) is 0. The van der Waals surface area contributed by atoms with Crippen molar-refractivity contribution >= 4 is 40.6 Å². The summed E-state index contributed by atoms with van der Waals surface area (Å²) in [6, 6.07) is 13.2. The van der Waals surface area contributed by atoms with Crippen LogP contribution in [-0.2, 0) is 17.9 Å². The van der Waals surface area contributed by atoms with Crippen LogP contribution in [0, 0.1) is 5.82 Å². The first-order valence-corrected chi connectivity index (χ1v) is 15.7. The number of anilines is 2. The zero-order chi connectivity index (χ0) is 33.5. The molecule has 47 heavy (non-hydrogen) atoms. The van der Waals surface area contributed by atoms with Gasteiger partial charge in [-0.1, -0.05) is 47.5 Å². The third kappa shape index (κ3) is 8.70. The number of aliphatic hydroxyl groups excluding tert-OH is 1. The van der Waals surface area contributed by atoms with Crippen molar-refractivity contribution < 1.29 is 27.8 Å². The van der Waals surface area contributed by atoms with Crippen LogP contribution in [0.2, 0.25) is 10.0 Å². The maximum absolute atomic E-state index is 15.3. The van der Waals surface area contributed by atoms with Gasteiger partial charge < -0.3 is 31.1 Å². The number of benzene rings is 2. The van der Waals surface area contributed by atoms with Crippen molar-refractivity contribution in [1.82, 2.24) is 25.9 Å². The summed E-state index contributed by atoms with van der Waals surface area (Å²) in [4.78, 5) is 20.0. The van der Waals surface area contributed by atoms with Crippen molar-refractivity contribution in [3.8, 4) is 28.1 Å². The number of nitrogens with one attached hydrogen (secondary N) is 4. The number of aromatic nitrogens is 2. The number of hydrogen-bond acceptors (Lipinski definition) is 8. The summed E-state index contributed by atoms with van der Waals surface area (Å²) in [5.41, 5.74) is 3.02. The van der Waals surface area contributed by atoms with E-state index in [0.717, 1.165) is 0 Å². The minimum Gasteiger partial charge on any atom is -0.434 e. The Hall–Kier alpha value is -3.94. The number of rotatable bonds is 14. The van der Waals surface area contributed by atoms with E-state index in [-0.39, 0.29) is 46.7 Å². The molecule has 1 fully saturated rings. The fourth-order valence-electron chi connectivity index (χ4n) is 5.21. The van der Waals surface area contributed by atoms with E-state index in [4.69, 9.17) is 27.9 Å². The molecule has 9 nitrogen and oxygen atoms in total. The average molecular weight is 690 g/mol. The highest BCUT2D eigenvalue weighted by molar-refractivity contribution is 6.39. The number of carbonyl (C=O) groups is 1. The number of carbonyl (C=O) groups excluding carboxylic acids is 1. The van der Waals surface area contributed by atoms with E-state index in [2.05, 4.69) is 31.2 Å². The van der Waals surface area contributed by atoms with Crippen LogP contribution in [0.5, 0.6) is 5.75 Å². The lowest BCUT2D eigenvalue weighted by atomic mass is 10.0. The number of nitrogens with zero attached hydrogens (tertiary/aromatic N) is 2. The molecule has 1 aliphatic rings. The van der Waals surface area contributed by atoms with E-state index < -0.39 is 18.5 Å². The van der Waals surface area contributed by atoms with E-state index in [0.29, 0.717) is 65.1 Å². The first-order chi connectivity index (χ1) is 22.6. The van der Waals surface area contributed by atoms with Crippen LogP contribution in [0.25, 0.3) is 22.4 Å². The number of alkyl halides is 2. The Labute approximate surface area is 279 Å². The highest BCUT2D eigenvalue weighted by atomic mass is 35.5. The molecule has 248 valence electrons. The fourth-order valence-corrected chi connectivity index (χ4v) is 5.80. The van der Waals surface area contributed by atoms with Crippen LogP contribution in [0.15, 0.2) is 60.9 Å². The van der Waals surface area contributed by atoms with Crippen molar-refractivity contribution in [2.75, 3.05) is 18.4 Å². The predicted molar refractivity (Wildman–Crippen MR) is 175 cm³/mol. The molecule has 4 aromatic rings. The monoisotopic (exact) mass is 688 g/mol. The lowest BCUT2D eigenvalue weighted by Gasteiger charge is -2.17. The van der Waals surface area contributed by atoms with Gasteiger partial charge in [0.15, 0.2) is 11.6 Å². The number of halogens is 5. The zero-order valence-electron chi connectivity index (χ0n) is 25.3. The van der Waals surface area contributed by atoms with Gasteiger partial charge in [0.25, 0.3) is 0 Å². The molecule has 0 radical (unpaired) electrons. The summed E-state index contributed by atoms with van der Waals surface area (Å²) in [5.74, 6) is -0.642.